The first-order valence-electron chi connectivity index (χ1n) is 1.10. The predicted octanol–water partition coefficient (Wildman–Crippen LogP) is -0.939. The van der Waals surface area contributed by atoms with Crippen LogP contribution in [0, 0.1) is 0 Å². The molecule has 3 nitrogen and oxygen atoms in total. The molecule has 32 valence electrons. The summed E-state index contributed by atoms with van der Waals surface area (Å²) >= 11 is 0. The standard InChI is InChI=1S/C2H4O3.Cd/c3-1-2(4)5;/h3H,1H2,(H,4,5);. The molecule has 0 aliphatic heterocycles. The maximum Gasteiger partial charge on any atom is 0.329 e. The third-order valence-electron chi connectivity index (χ3n) is 0.135. The maximum absolute atomic E-state index is 9.12. The number of aliphatic carboxylic acids is 1. The van der Waals surface area contributed by atoms with Crippen LogP contribution >= 0.6 is 0 Å². The molecule has 0 fully saturated rings. The molecule has 0 aliphatic rings. The summed E-state index contributed by atoms with van der Waals surface area (Å²) in [5.74, 6) is -1.19. The monoisotopic (exact) mass is 190 g/mol. The van der Waals surface area contributed by atoms with Gasteiger partial charge in [0.15, 0.2) is 0 Å². The zero-order valence-electron chi connectivity index (χ0n) is 3.22. The molecule has 0 heterocycles. The number of carbonyl (C=O) groups is 1. The predicted molar refractivity (Wildman–Crippen MR) is 14.7 cm³/mol. The summed E-state index contributed by atoms with van der Waals surface area (Å²) in [6.45, 7) is -0.778. The summed E-state index contributed by atoms with van der Waals surface area (Å²) in [5, 5.41) is 15.0. The number of rotatable bonds is 1. The molecule has 4 heteroatoms. The fourth-order valence-corrected chi connectivity index (χ4v) is 0. The van der Waals surface area contributed by atoms with Gasteiger partial charge in [-0.1, -0.05) is 0 Å². The Hall–Kier alpha value is 0.352. The number of hydrogen-bond donors (Lipinski definition) is 2. The number of aliphatic hydroxyl groups is 1. The van der Waals surface area contributed by atoms with Crippen LogP contribution < -0.4 is 0 Å². The van der Waals surface area contributed by atoms with Gasteiger partial charge in [0.2, 0.25) is 0 Å². The first-order chi connectivity index (χ1) is 2.27. The quantitative estimate of drug-likeness (QED) is 0.522. The molecule has 0 atom stereocenters. The van der Waals surface area contributed by atoms with E-state index < -0.39 is 12.6 Å². The van der Waals surface area contributed by atoms with Gasteiger partial charge < -0.3 is 10.2 Å². The van der Waals surface area contributed by atoms with Crippen LogP contribution in [0.25, 0.3) is 0 Å². The number of aliphatic hydroxyl groups excluding tert-OH is 1. The minimum atomic E-state index is -1.19. The van der Waals surface area contributed by atoms with Crippen molar-refractivity contribution < 1.29 is 42.3 Å². The summed E-state index contributed by atoms with van der Waals surface area (Å²) in [6, 6.07) is 0. The van der Waals surface area contributed by atoms with Crippen LogP contribution in [0.2, 0.25) is 0 Å². The Morgan fingerprint density at radius 3 is 1.83 bits per heavy atom. The fourth-order valence-electron chi connectivity index (χ4n) is 0. The molecule has 6 heavy (non-hydrogen) atoms. The smallest absolute Gasteiger partial charge is 0.329 e. The zero-order chi connectivity index (χ0) is 4.28. The molecule has 0 saturated heterocycles. The molecule has 0 radical (unpaired) electrons. The second kappa shape index (κ2) is 5.35. The van der Waals surface area contributed by atoms with Gasteiger partial charge in [0.25, 0.3) is 0 Å². The van der Waals surface area contributed by atoms with E-state index in [2.05, 4.69) is 0 Å². The van der Waals surface area contributed by atoms with Crippen molar-refractivity contribution in [1.82, 2.24) is 0 Å². The Balaban J connectivity index is 0. The van der Waals surface area contributed by atoms with E-state index in [0.29, 0.717) is 0 Å². The van der Waals surface area contributed by atoms with Crippen molar-refractivity contribution in [3.8, 4) is 0 Å². The van der Waals surface area contributed by atoms with Crippen molar-refractivity contribution in [2.24, 2.45) is 0 Å². The van der Waals surface area contributed by atoms with Crippen LogP contribution in [0.5, 0.6) is 0 Å². The molecule has 0 amide bonds. The van der Waals surface area contributed by atoms with E-state index in [9.17, 15) is 0 Å². The Labute approximate surface area is 55.1 Å². The molecule has 0 aromatic heterocycles. The second-order valence-corrected chi connectivity index (χ2v) is 0.552. The average molecular weight is 188 g/mol. The molecular weight excluding hydrogens is 184 g/mol. The molecule has 0 saturated carbocycles. The van der Waals surface area contributed by atoms with Crippen molar-refractivity contribution in [2.45, 2.75) is 0 Å². The largest absolute Gasteiger partial charge is 0.480 e. The van der Waals surface area contributed by atoms with Crippen molar-refractivity contribution in [2.75, 3.05) is 6.61 Å². The Morgan fingerprint density at radius 1 is 1.67 bits per heavy atom. The molecule has 2 N–H and O–H groups in total. The van der Waals surface area contributed by atoms with Crippen molar-refractivity contribution >= 4 is 5.97 Å². The number of carboxylic acid groups (broad SMARTS) is 1. The van der Waals surface area contributed by atoms with Crippen LogP contribution in [0.15, 0.2) is 0 Å². The van der Waals surface area contributed by atoms with Gasteiger partial charge in [-0.15, -0.1) is 0 Å². The molecule has 0 spiro atoms. The molecule has 0 aromatic carbocycles. The molecular formula is C2H4CdO3. The first kappa shape index (κ1) is 9.61. The van der Waals surface area contributed by atoms with Gasteiger partial charge in [-0.05, 0) is 0 Å². The minimum absolute atomic E-state index is 0. The summed E-state index contributed by atoms with van der Waals surface area (Å²) in [7, 11) is 0. The Bertz CT molecular complexity index is 44.1. The van der Waals surface area contributed by atoms with E-state index in [-0.39, 0.29) is 27.3 Å². The van der Waals surface area contributed by atoms with E-state index >= 15 is 0 Å². The molecule has 0 rings (SSSR count). The van der Waals surface area contributed by atoms with Gasteiger partial charge in [-0.2, -0.15) is 0 Å². The van der Waals surface area contributed by atoms with E-state index in [1.807, 2.05) is 0 Å². The van der Waals surface area contributed by atoms with E-state index in [1.54, 1.807) is 0 Å². The second-order valence-electron chi connectivity index (χ2n) is 0.552. The van der Waals surface area contributed by atoms with Crippen molar-refractivity contribution in [1.29, 1.82) is 0 Å². The van der Waals surface area contributed by atoms with Crippen LogP contribution in [-0.2, 0) is 32.1 Å². The van der Waals surface area contributed by atoms with Crippen molar-refractivity contribution in [3.05, 3.63) is 0 Å². The van der Waals surface area contributed by atoms with Crippen molar-refractivity contribution in [3.63, 3.8) is 0 Å². The minimum Gasteiger partial charge on any atom is -0.480 e. The average Bonchev–Trinajstić information content (AvgIpc) is 1.38. The van der Waals surface area contributed by atoms with Gasteiger partial charge in [0.1, 0.15) is 6.61 Å². The maximum atomic E-state index is 9.12. The van der Waals surface area contributed by atoms with E-state index in [1.165, 1.54) is 0 Å². The third-order valence-corrected chi connectivity index (χ3v) is 0.135. The van der Waals surface area contributed by atoms with Crippen LogP contribution in [0.3, 0.4) is 0 Å². The molecule has 0 aliphatic carbocycles. The summed E-state index contributed by atoms with van der Waals surface area (Å²) in [5.41, 5.74) is 0. The zero-order valence-corrected chi connectivity index (χ0v) is 7.25. The van der Waals surface area contributed by atoms with E-state index in [4.69, 9.17) is 15.0 Å². The third kappa shape index (κ3) is 8.84. The van der Waals surface area contributed by atoms with Crippen LogP contribution in [-0.4, -0.2) is 22.8 Å². The van der Waals surface area contributed by atoms with E-state index in [0.717, 1.165) is 0 Å². The SMILES string of the molecule is O=C(O)CO.[Cd]. The first-order valence-corrected chi connectivity index (χ1v) is 1.10. The van der Waals surface area contributed by atoms with Gasteiger partial charge in [0.05, 0.1) is 0 Å². The normalized spacial score (nSPS) is 6.17. The fraction of sp³-hybridized carbons (Fsp3) is 0.500. The molecule has 0 unspecified atom stereocenters. The van der Waals surface area contributed by atoms with Gasteiger partial charge in [0, 0.05) is 27.3 Å². The topological polar surface area (TPSA) is 57.5 Å². The van der Waals surface area contributed by atoms with Gasteiger partial charge >= 0.3 is 5.97 Å². The van der Waals surface area contributed by atoms with Gasteiger partial charge in [-0.25, -0.2) is 4.79 Å². The Morgan fingerprint density at radius 2 is 1.83 bits per heavy atom. The molecule has 0 aromatic rings. The van der Waals surface area contributed by atoms with Gasteiger partial charge in [-0.3, -0.25) is 0 Å². The number of hydrogen-bond acceptors (Lipinski definition) is 2. The summed E-state index contributed by atoms with van der Waals surface area (Å²) in [4.78, 5) is 9.12. The molecule has 0 bridgehead atoms. The number of carboxylic acids is 1. The summed E-state index contributed by atoms with van der Waals surface area (Å²) in [6.07, 6.45) is 0. The summed E-state index contributed by atoms with van der Waals surface area (Å²) < 4.78 is 0. The van der Waals surface area contributed by atoms with Crippen LogP contribution in [0.4, 0.5) is 0 Å². The Kier molecular flexibility index (Phi) is 8.57. The van der Waals surface area contributed by atoms with Crippen LogP contribution in [0.1, 0.15) is 0 Å².